The lowest BCUT2D eigenvalue weighted by Gasteiger charge is -2.53. The number of amides is 6. The average Bonchev–Trinajstić information content (AvgIpc) is 1.68. The number of ether oxygens (including phenoxy) is 12. The summed E-state index contributed by atoms with van der Waals surface area (Å²) in [4.78, 5) is 183. The SMILES string of the molecule is CO[C@H]1OC(COC(=O)c2ccccc2)[C@H](OC2OC(COC(=O)c3ccccc3)C(O[C@H]3OC(COC(=O)c4ccccc4)[C@H](O)C(OC(=O)c4ccccc4)[C@H]3N3C(=O)c4ccccc4C3=O)[C@H](OC(=O)c3ccccc3)[C@@H]2N2C(=O)c3ccccc3C2=O)C(OC(=O)c2ccccc2)[C@H]1N1C(=O)c2ccccc2C1=O. The number of imide groups is 3. The fourth-order valence-corrected chi connectivity index (χ4v) is 14.5. The topological polar surface area (TPSA) is 346 Å². The van der Waals surface area contributed by atoms with Gasteiger partial charge in [0.05, 0.1) is 66.8 Å². The molecule has 6 heterocycles. The van der Waals surface area contributed by atoms with Crippen LogP contribution in [0.25, 0.3) is 0 Å². The zero-order chi connectivity index (χ0) is 78.6. The highest BCUT2D eigenvalue weighted by atomic mass is 16.8. The number of aliphatic hydroxyl groups is 1. The molecule has 28 heteroatoms. The van der Waals surface area contributed by atoms with E-state index in [1.54, 1.807) is 60.7 Å². The summed E-state index contributed by atoms with van der Waals surface area (Å²) in [5.74, 6) is -12.6. The van der Waals surface area contributed by atoms with Gasteiger partial charge in [0.25, 0.3) is 35.4 Å². The first-order chi connectivity index (χ1) is 55.0. The molecule has 6 aliphatic heterocycles. The first kappa shape index (κ1) is 75.4. The van der Waals surface area contributed by atoms with Crippen LogP contribution in [-0.4, -0.2) is 210 Å². The van der Waals surface area contributed by atoms with Crippen LogP contribution in [0.15, 0.2) is 255 Å². The average molecular weight is 1530 g/mol. The van der Waals surface area contributed by atoms with Crippen molar-refractivity contribution in [3.05, 3.63) is 322 Å². The van der Waals surface area contributed by atoms with Crippen LogP contribution in [0.5, 0.6) is 0 Å². The van der Waals surface area contributed by atoms with Gasteiger partial charge in [-0.15, -0.1) is 0 Å². The summed E-state index contributed by atoms with van der Waals surface area (Å²) in [6.45, 7) is -2.84. The third kappa shape index (κ3) is 15.0. The molecular weight excluding hydrogens is 1460 g/mol. The first-order valence-electron chi connectivity index (χ1n) is 35.8. The third-order valence-electron chi connectivity index (χ3n) is 20.0. The van der Waals surface area contributed by atoms with Gasteiger partial charge in [-0.1, -0.05) is 146 Å². The van der Waals surface area contributed by atoms with Gasteiger partial charge in [0.2, 0.25) is 0 Å². The van der Waals surface area contributed by atoms with Gasteiger partial charge in [0.15, 0.2) is 37.2 Å². The van der Waals surface area contributed by atoms with E-state index >= 15 is 38.4 Å². The summed E-state index contributed by atoms with van der Waals surface area (Å²) >= 11 is 0. The van der Waals surface area contributed by atoms with Crippen molar-refractivity contribution in [3.63, 3.8) is 0 Å². The number of hydrogen-bond acceptors (Lipinski definition) is 25. The molecule has 113 heavy (non-hydrogen) atoms. The van der Waals surface area contributed by atoms with E-state index in [-0.39, 0.29) is 66.8 Å². The Morgan fingerprint density at radius 1 is 0.292 bits per heavy atom. The van der Waals surface area contributed by atoms with E-state index < -0.39 is 183 Å². The number of carbonyl (C=O) groups is 12. The number of hydrogen-bond donors (Lipinski definition) is 1. The summed E-state index contributed by atoms with van der Waals surface area (Å²) in [6, 6.07) is 55.3. The van der Waals surface area contributed by atoms with E-state index in [9.17, 15) is 24.3 Å². The van der Waals surface area contributed by atoms with Crippen LogP contribution >= 0.6 is 0 Å². The van der Waals surface area contributed by atoms with Gasteiger partial charge < -0.3 is 61.9 Å². The van der Waals surface area contributed by atoms with Gasteiger partial charge in [-0.05, 0) is 109 Å². The van der Waals surface area contributed by atoms with E-state index in [2.05, 4.69) is 0 Å². The largest absolute Gasteiger partial charge is 0.459 e. The van der Waals surface area contributed by atoms with E-state index in [4.69, 9.17) is 56.8 Å². The maximum Gasteiger partial charge on any atom is 0.338 e. The van der Waals surface area contributed by atoms with Gasteiger partial charge in [-0.3, -0.25) is 43.5 Å². The molecule has 6 amide bonds. The number of rotatable bonds is 23. The number of methoxy groups -OCH3 is 1. The molecule has 1 N–H and O–H groups in total. The molecular formula is C85H67N3O25. The maximum absolute atomic E-state index is 15.9. The minimum absolute atomic E-state index is 0.0326. The Kier molecular flexibility index (Phi) is 21.9. The number of nitrogens with zero attached hydrogens (tertiary/aromatic N) is 3. The molecule has 9 aromatic carbocycles. The van der Waals surface area contributed by atoms with Crippen molar-refractivity contribution in [1.29, 1.82) is 0 Å². The zero-order valence-electron chi connectivity index (χ0n) is 59.6. The number of esters is 6. The van der Waals surface area contributed by atoms with E-state index in [0.717, 1.165) is 12.0 Å². The van der Waals surface area contributed by atoms with Crippen molar-refractivity contribution in [3.8, 4) is 0 Å². The second-order valence-corrected chi connectivity index (χ2v) is 26.7. The quantitative estimate of drug-likeness (QED) is 0.0358. The fraction of sp³-hybridized carbons (Fsp3) is 0.224. The number of carbonyl (C=O) groups excluding carboxylic acids is 12. The molecule has 15 atom stereocenters. The minimum Gasteiger partial charge on any atom is -0.459 e. The van der Waals surface area contributed by atoms with Crippen molar-refractivity contribution >= 4 is 71.3 Å². The van der Waals surface area contributed by atoms with Gasteiger partial charge in [-0.25, -0.2) is 28.8 Å². The Morgan fingerprint density at radius 2 is 0.513 bits per heavy atom. The highest BCUT2D eigenvalue weighted by molar-refractivity contribution is 6.23. The summed E-state index contributed by atoms with van der Waals surface area (Å²) in [7, 11) is 1.15. The maximum atomic E-state index is 15.9. The molecule has 7 unspecified atom stereocenters. The molecule has 6 aliphatic rings. The van der Waals surface area contributed by atoms with Crippen molar-refractivity contribution in [2.75, 3.05) is 26.9 Å². The molecule has 572 valence electrons. The van der Waals surface area contributed by atoms with Crippen LogP contribution in [0.3, 0.4) is 0 Å². The third-order valence-corrected chi connectivity index (χ3v) is 20.0. The standard InChI is InChI=1S/C85H67N3O25/c1-102-83-63(87-73(92)55-40-22-23-41-56(55)74(87)93)69(110-81(100)51-34-16-6-17-35-51)66(60(107-83)45-104-78(97)48-28-10-3-11-29-48)113-85-64(88-75(94)57-42-24-25-43-58(57)76(88)95)70(111-82(101)52-36-18-7-19-37-52)67(61(108-85)46-105-79(98)49-30-12-4-13-31-49)112-84-62(86-71(90)53-38-20-21-39-54(53)72(86)91)68(109-80(99)50-32-14-5-15-33-50)65(89)59(106-84)44-103-77(96)47-26-8-2-9-27-47/h2-43,59-70,83-85,89H,44-46H2,1H3/t59?,60?,61?,62-,63-,64+,65+,66+,67?,68?,69?,70-,83+,84-,85?/m1/s1. The lowest BCUT2D eigenvalue weighted by Crippen LogP contribution is -2.72. The predicted octanol–water partition coefficient (Wildman–Crippen LogP) is 8.18. The Morgan fingerprint density at radius 3 is 0.796 bits per heavy atom. The van der Waals surface area contributed by atoms with E-state index in [0.29, 0.717) is 9.80 Å². The van der Waals surface area contributed by atoms with Crippen LogP contribution in [0, 0.1) is 0 Å². The summed E-state index contributed by atoms with van der Waals surface area (Å²) in [6.07, 6.45) is -25.7. The summed E-state index contributed by atoms with van der Waals surface area (Å²) in [5, 5.41) is 12.9. The van der Waals surface area contributed by atoms with Crippen LogP contribution < -0.4 is 0 Å². The molecule has 28 nitrogen and oxygen atoms in total. The highest BCUT2D eigenvalue weighted by Crippen LogP contribution is 2.44. The normalized spacial score (nSPS) is 25.0. The van der Waals surface area contributed by atoms with Crippen LogP contribution in [0.1, 0.15) is 124 Å². The molecule has 3 fully saturated rings. The lowest BCUT2D eigenvalue weighted by atomic mass is 9.91. The van der Waals surface area contributed by atoms with Gasteiger partial charge >= 0.3 is 35.8 Å². The molecule has 0 aliphatic carbocycles. The Bertz CT molecular complexity index is 5030. The molecule has 0 bridgehead atoms. The van der Waals surface area contributed by atoms with Crippen molar-refractivity contribution in [2.24, 2.45) is 0 Å². The smallest absolute Gasteiger partial charge is 0.338 e. The minimum atomic E-state index is -2.43. The zero-order valence-corrected chi connectivity index (χ0v) is 59.6. The molecule has 0 saturated carbocycles. The van der Waals surface area contributed by atoms with Crippen molar-refractivity contribution in [1.82, 2.24) is 14.7 Å². The molecule has 0 spiro atoms. The van der Waals surface area contributed by atoms with E-state index in [1.165, 1.54) is 194 Å². The summed E-state index contributed by atoms with van der Waals surface area (Å²) in [5.41, 5.74) is -1.40. The van der Waals surface area contributed by atoms with Gasteiger partial charge in [0.1, 0.15) is 74.6 Å². The van der Waals surface area contributed by atoms with Gasteiger partial charge in [-0.2, -0.15) is 0 Å². The van der Waals surface area contributed by atoms with E-state index in [1.807, 2.05) is 0 Å². The second-order valence-electron chi connectivity index (χ2n) is 26.7. The van der Waals surface area contributed by atoms with Gasteiger partial charge in [0, 0.05) is 7.11 Å². The predicted molar refractivity (Wildman–Crippen MR) is 388 cm³/mol. The fourth-order valence-electron chi connectivity index (χ4n) is 14.5. The molecule has 9 aromatic rings. The number of aliphatic hydroxyl groups excluding tert-OH is 1. The Balaban J connectivity index is 0.935. The molecule has 0 aromatic heterocycles. The van der Waals surface area contributed by atoms with Crippen LogP contribution in [-0.2, 0) is 56.8 Å². The summed E-state index contributed by atoms with van der Waals surface area (Å²) < 4.78 is 78.9. The van der Waals surface area contributed by atoms with Crippen LogP contribution in [0.4, 0.5) is 0 Å². The second kappa shape index (κ2) is 32.9. The van der Waals surface area contributed by atoms with Crippen molar-refractivity contribution in [2.45, 2.75) is 91.9 Å². The monoisotopic (exact) mass is 1530 g/mol. The van der Waals surface area contributed by atoms with Crippen LogP contribution in [0.2, 0.25) is 0 Å². The number of benzene rings is 9. The lowest BCUT2D eigenvalue weighted by molar-refractivity contribution is -0.359. The highest BCUT2D eigenvalue weighted by Gasteiger charge is 2.64. The Hall–Kier alpha value is -13.1. The number of fused-ring (bicyclic) bond motifs is 3. The Labute approximate surface area is 643 Å². The molecule has 0 radical (unpaired) electrons. The van der Waals surface area contributed by atoms with Crippen molar-refractivity contribution < 1.29 is 119 Å². The molecule has 3 saturated heterocycles. The first-order valence-corrected chi connectivity index (χ1v) is 35.8. The molecule has 15 rings (SSSR count).